The summed E-state index contributed by atoms with van der Waals surface area (Å²) in [5.41, 5.74) is 1.27. The molecule has 0 aliphatic carbocycles. The van der Waals surface area contributed by atoms with Crippen molar-refractivity contribution in [1.29, 1.82) is 0 Å². The van der Waals surface area contributed by atoms with Gasteiger partial charge in [-0.15, -0.1) is 0 Å². The fourth-order valence-corrected chi connectivity index (χ4v) is 3.75. The average Bonchev–Trinajstić information content (AvgIpc) is 3.11. The highest BCUT2D eigenvalue weighted by Gasteiger charge is 2.50. The Morgan fingerprint density at radius 1 is 1.26 bits per heavy atom. The minimum Gasteiger partial charge on any atom is -0.394 e. The first-order valence-electron chi connectivity index (χ1n) is 8.43. The van der Waals surface area contributed by atoms with Gasteiger partial charge < -0.3 is 19.7 Å². The van der Waals surface area contributed by atoms with Gasteiger partial charge in [-0.25, -0.2) is 0 Å². The van der Waals surface area contributed by atoms with E-state index in [-0.39, 0.29) is 18.8 Å². The molecule has 3 rings (SSSR count). The lowest BCUT2D eigenvalue weighted by Crippen LogP contribution is -2.48. The fraction of sp³-hybridized carbons (Fsp3) is 0.667. The van der Waals surface area contributed by atoms with Gasteiger partial charge in [-0.2, -0.15) is 0 Å². The molecule has 1 aromatic carbocycles. The molecule has 0 bridgehead atoms. The second-order valence-corrected chi connectivity index (χ2v) is 6.98. The zero-order valence-corrected chi connectivity index (χ0v) is 13.9. The van der Waals surface area contributed by atoms with Gasteiger partial charge in [0.05, 0.1) is 6.61 Å². The first-order chi connectivity index (χ1) is 11.0. The van der Waals surface area contributed by atoms with Crippen LogP contribution in [0.4, 0.5) is 0 Å². The molecule has 0 aromatic heterocycles. The van der Waals surface area contributed by atoms with Crippen molar-refractivity contribution >= 4 is 0 Å². The number of ether oxygens (including phenoxy) is 2. The first kappa shape index (κ1) is 16.9. The maximum atomic E-state index is 10.1. The molecule has 2 heterocycles. The van der Waals surface area contributed by atoms with E-state index in [4.69, 9.17) is 9.47 Å². The van der Waals surface area contributed by atoms with Crippen LogP contribution in [0.1, 0.15) is 32.3 Å². The van der Waals surface area contributed by atoms with Gasteiger partial charge in [0.25, 0.3) is 0 Å². The van der Waals surface area contributed by atoms with Gasteiger partial charge >= 0.3 is 0 Å². The van der Waals surface area contributed by atoms with E-state index in [1.54, 1.807) is 0 Å². The predicted molar refractivity (Wildman–Crippen MR) is 86.8 cm³/mol. The Labute approximate surface area is 137 Å². The number of aliphatic hydroxyl groups is 2. The summed E-state index contributed by atoms with van der Waals surface area (Å²) in [5.74, 6) is -0.730. The van der Waals surface area contributed by atoms with E-state index in [1.807, 2.05) is 19.9 Å². The van der Waals surface area contributed by atoms with Crippen LogP contribution in [0.5, 0.6) is 0 Å². The Morgan fingerprint density at radius 2 is 2.00 bits per heavy atom. The van der Waals surface area contributed by atoms with Gasteiger partial charge in [-0.1, -0.05) is 30.3 Å². The number of rotatable bonds is 5. The maximum Gasteiger partial charge on any atom is 0.163 e. The van der Waals surface area contributed by atoms with E-state index in [1.165, 1.54) is 5.56 Å². The number of nitrogens with zero attached hydrogens (tertiary/aromatic N) is 1. The summed E-state index contributed by atoms with van der Waals surface area (Å²) in [7, 11) is 0. The largest absolute Gasteiger partial charge is 0.394 e. The van der Waals surface area contributed by atoms with E-state index in [0.717, 1.165) is 25.9 Å². The smallest absolute Gasteiger partial charge is 0.163 e. The van der Waals surface area contributed by atoms with Crippen molar-refractivity contribution in [3.05, 3.63) is 35.9 Å². The van der Waals surface area contributed by atoms with Crippen molar-refractivity contribution in [3.8, 4) is 0 Å². The molecule has 0 radical (unpaired) electrons. The zero-order valence-electron chi connectivity index (χ0n) is 13.9. The van der Waals surface area contributed by atoms with Gasteiger partial charge in [0.15, 0.2) is 5.79 Å². The molecule has 2 aliphatic heterocycles. The minimum absolute atomic E-state index is 0.197. The fourth-order valence-electron chi connectivity index (χ4n) is 3.75. The van der Waals surface area contributed by atoms with Crippen LogP contribution in [0, 0.1) is 0 Å². The van der Waals surface area contributed by atoms with Crippen LogP contribution in [-0.4, -0.2) is 58.4 Å². The quantitative estimate of drug-likeness (QED) is 0.861. The molecule has 5 nitrogen and oxygen atoms in total. The molecule has 5 heteroatoms. The normalized spacial score (nSPS) is 32.3. The number of benzene rings is 1. The highest BCUT2D eigenvalue weighted by Crippen LogP contribution is 2.37. The molecular weight excluding hydrogens is 294 g/mol. The van der Waals surface area contributed by atoms with Crippen molar-refractivity contribution in [2.24, 2.45) is 0 Å². The molecule has 2 saturated heterocycles. The molecule has 0 spiro atoms. The third-order valence-corrected chi connectivity index (χ3v) is 4.75. The van der Waals surface area contributed by atoms with E-state index in [0.29, 0.717) is 0 Å². The lowest BCUT2D eigenvalue weighted by Gasteiger charge is -2.32. The lowest BCUT2D eigenvalue weighted by atomic mass is 9.99. The zero-order chi connectivity index (χ0) is 16.4. The molecule has 1 aromatic rings. The van der Waals surface area contributed by atoms with Crippen LogP contribution in [0.3, 0.4) is 0 Å². The second-order valence-electron chi connectivity index (χ2n) is 6.98. The summed E-state index contributed by atoms with van der Waals surface area (Å²) in [4.78, 5) is 2.40. The SMILES string of the molecule is CC1(C)O[C@@H]([C@@H]2CCCN2Cc2ccccc2)[C@@H]([C@H](O)CO)O1. The molecule has 0 unspecified atom stereocenters. The Hall–Kier alpha value is -0.980. The summed E-state index contributed by atoms with van der Waals surface area (Å²) in [5, 5.41) is 19.5. The molecule has 2 aliphatic rings. The second kappa shape index (κ2) is 6.87. The predicted octanol–water partition coefficient (Wildman–Crippen LogP) is 1.52. The Balaban J connectivity index is 1.75. The summed E-state index contributed by atoms with van der Waals surface area (Å²) >= 11 is 0. The van der Waals surface area contributed by atoms with Gasteiger partial charge in [-0.3, -0.25) is 4.90 Å². The lowest BCUT2D eigenvalue weighted by molar-refractivity contribution is -0.159. The minimum atomic E-state index is -0.916. The van der Waals surface area contributed by atoms with Gasteiger partial charge in [-0.05, 0) is 38.8 Å². The summed E-state index contributed by atoms with van der Waals surface area (Å²) in [6.45, 7) is 5.29. The summed E-state index contributed by atoms with van der Waals surface area (Å²) in [6.07, 6.45) is 0.501. The molecule has 0 amide bonds. The summed E-state index contributed by atoms with van der Waals surface area (Å²) in [6, 6.07) is 10.6. The number of hydrogen-bond donors (Lipinski definition) is 2. The van der Waals surface area contributed by atoms with Gasteiger partial charge in [0.2, 0.25) is 0 Å². The molecule has 4 atom stereocenters. The Kier molecular flexibility index (Phi) is 5.04. The Morgan fingerprint density at radius 3 is 2.70 bits per heavy atom. The van der Waals surface area contributed by atoms with Crippen molar-refractivity contribution in [2.75, 3.05) is 13.2 Å². The number of aliphatic hydroxyl groups excluding tert-OH is 2. The first-order valence-corrected chi connectivity index (χ1v) is 8.43. The molecule has 2 N–H and O–H groups in total. The molecule has 0 saturated carbocycles. The van der Waals surface area contributed by atoms with Crippen molar-refractivity contribution < 1.29 is 19.7 Å². The summed E-state index contributed by atoms with van der Waals surface area (Å²) < 4.78 is 12.0. The van der Waals surface area contributed by atoms with Crippen LogP contribution in [0.25, 0.3) is 0 Å². The highest BCUT2D eigenvalue weighted by molar-refractivity contribution is 5.15. The van der Waals surface area contributed by atoms with Crippen molar-refractivity contribution in [1.82, 2.24) is 4.90 Å². The van der Waals surface area contributed by atoms with E-state index in [9.17, 15) is 10.2 Å². The molecule has 128 valence electrons. The standard InChI is InChI=1S/C18H27NO4/c1-18(2)22-16(17(23-18)15(21)12-20)14-9-6-10-19(14)11-13-7-4-3-5-8-13/h3-5,7-8,14-17,20-21H,6,9-12H2,1-2H3/t14-,15+,16-,17+/m0/s1. The molecule has 23 heavy (non-hydrogen) atoms. The van der Waals surface area contributed by atoms with Crippen molar-refractivity contribution in [2.45, 2.75) is 63.4 Å². The molecular formula is C18H27NO4. The number of likely N-dealkylation sites (tertiary alicyclic amines) is 1. The van der Waals surface area contributed by atoms with Crippen LogP contribution < -0.4 is 0 Å². The van der Waals surface area contributed by atoms with E-state index >= 15 is 0 Å². The topological polar surface area (TPSA) is 62.2 Å². The van der Waals surface area contributed by atoms with E-state index in [2.05, 4.69) is 29.2 Å². The number of hydrogen-bond acceptors (Lipinski definition) is 5. The van der Waals surface area contributed by atoms with Gasteiger partial charge in [0.1, 0.15) is 18.3 Å². The average molecular weight is 321 g/mol. The Bertz CT molecular complexity index is 507. The maximum absolute atomic E-state index is 10.1. The van der Waals surface area contributed by atoms with Crippen LogP contribution in [-0.2, 0) is 16.0 Å². The highest BCUT2D eigenvalue weighted by atomic mass is 16.8. The van der Waals surface area contributed by atoms with Crippen molar-refractivity contribution in [3.63, 3.8) is 0 Å². The third-order valence-electron chi connectivity index (χ3n) is 4.75. The van der Waals surface area contributed by atoms with Crippen LogP contribution >= 0.6 is 0 Å². The van der Waals surface area contributed by atoms with E-state index < -0.39 is 18.0 Å². The third kappa shape index (κ3) is 3.75. The van der Waals surface area contributed by atoms with Crippen LogP contribution in [0.15, 0.2) is 30.3 Å². The molecule has 2 fully saturated rings. The van der Waals surface area contributed by atoms with Crippen LogP contribution in [0.2, 0.25) is 0 Å². The van der Waals surface area contributed by atoms with Gasteiger partial charge in [0, 0.05) is 12.6 Å². The monoisotopic (exact) mass is 321 g/mol.